The zero-order chi connectivity index (χ0) is 14.4. The highest BCUT2D eigenvalue weighted by atomic mass is 32.1. The van der Waals surface area contributed by atoms with Crippen LogP contribution in [0.15, 0.2) is 35.7 Å². The molecular formula is C15H14N2O2S. The Labute approximate surface area is 121 Å². The summed E-state index contributed by atoms with van der Waals surface area (Å²) < 4.78 is 5.07. The van der Waals surface area contributed by atoms with Gasteiger partial charge in [0.1, 0.15) is 5.75 Å². The molecule has 1 aromatic heterocycles. The molecule has 102 valence electrons. The summed E-state index contributed by atoms with van der Waals surface area (Å²) >= 11 is 1.33. The average molecular weight is 286 g/mol. The fourth-order valence-corrected chi connectivity index (χ4v) is 2.33. The van der Waals surface area contributed by atoms with Crippen molar-refractivity contribution in [2.45, 2.75) is 0 Å². The number of nitrogens with one attached hydrogen (secondary N) is 1. The normalized spacial score (nSPS) is 9.50. The molecule has 0 spiro atoms. The van der Waals surface area contributed by atoms with Gasteiger partial charge in [-0.05, 0) is 12.1 Å². The summed E-state index contributed by atoms with van der Waals surface area (Å²) in [5.41, 5.74) is 6.78. The lowest BCUT2D eigenvalue weighted by Crippen LogP contribution is -2.11. The Bertz CT molecular complexity index is 668. The van der Waals surface area contributed by atoms with Gasteiger partial charge in [0, 0.05) is 17.0 Å². The van der Waals surface area contributed by atoms with E-state index in [-0.39, 0.29) is 12.5 Å². The molecule has 0 bridgehead atoms. The van der Waals surface area contributed by atoms with Gasteiger partial charge in [-0.3, -0.25) is 4.79 Å². The maximum absolute atomic E-state index is 12.1. The number of para-hydroxylation sites is 1. The zero-order valence-electron chi connectivity index (χ0n) is 11.0. The SMILES string of the molecule is COc1csc(C(=O)Nc2ccccc2C#CCN)c1. The zero-order valence-corrected chi connectivity index (χ0v) is 11.8. The van der Waals surface area contributed by atoms with Gasteiger partial charge in [-0.25, -0.2) is 0 Å². The molecule has 3 N–H and O–H groups in total. The maximum Gasteiger partial charge on any atom is 0.265 e. The van der Waals surface area contributed by atoms with Crippen molar-refractivity contribution in [2.75, 3.05) is 19.0 Å². The van der Waals surface area contributed by atoms with Gasteiger partial charge in [0.2, 0.25) is 0 Å². The molecule has 1 amide bonds. The number of nitrogens with two attached hydrogens (primary N) is 1. The van der Waals surface area contributed by atoms with E-state index in [4.69, 9.17) is 10.5 Å². The predicted molar refractivity (Wildman–Crippen MR) is 81.2 cm³/mol. The molecule has 0 atom stereocenters. The number of anilines is 1. The lowest BCUT2D eigenvalue weighted by molar-refractivity contribution is 0.103. The van der Waals surface area contributed by atoms with E-state index in [9.17, 15) is 4.79 Å². The van der Waals surface area contributed by atoms with Gasteiger partial charge < -0.3 is 15.8 Å². The van der Waals surface area contributed by atoms with Gasteiger partial charge in [-0.1, -0.05) is 24.0 Å². The third-order valence-corrected chi connectivity index (χ3v) is 3.44. The first-order valence-corrected chi connectivity index (χ1v) is 6.84. The van der Waals surface area contributed by atoms with Crippen molar-refractivity contribution >= 4 is 22.9 Å². The van der Waals surface area contributed by atoms with Crippen LogP contribution in [-0.2, 0) is 0 Å². The van der Waals surface area contributed by atoms with Crippen molar-refractivity contribution in [3.8, 4) is 17.6 Å². The summed E-state index contributed by atoms with van der Waals surface area (Å²) in [4.78, 5) is 12.7. The van der Waals surface area contributed by atoms with Gasteiger partial charge in [0.05, 0.1) is 24.2 Å². The van der Waals surface area contributed by atoms with Crippen LogP contribution in [0.3, 0.4) is 0 Å². The van der Waals surface area contributed by atoms with Gasteiger partial charge in [-0.15, -0.1) is 11.3 Å². The molecule has 2 aromatic rings. The quantitative estimate of drug-likeness (QED) is 0.851. The highest BCUT2D eigenvalue weighted by molar-refractivity contribution is 7.12. The minimum atomic E-state index is -0.180. The molecule has 0 aliphatic heterocycles. The smallest absolute Gasteiger partial charge is 0.265 e. The van der Waals surface area contributed by atoms with E-state index in [1.807, 2.05) is 24.3 Å². The average Bonchev–Trinajstić information content (AvgIpc) is 2.95. The Hall–Kier alpha value is -2.29. The van der Waals surface area contributed by atoms with Crippen LogP contribution in [0.5, 0.6) is 5.75 Å². The number of methoxy groups -OCH3 is 1. The van der Waals surface area contributed by atoms with Crippen molar-refractivity contribution < 1.29 is 9.53 Å². The maximum atomic E-state index is 12.1. The molecule has 0 saturated heterocycles. The second-order valence-electron chi connectivity index (χ2n) is 3.86. The van der Waals surface area contributed by atoms with Crippen LogP contribution in [-0.4, -0.2) is 19.6 Å². The van der Waals surface area contributed by atoms with Crippen LogP contribution < -0.4 is 15.8 Å². The van der Waals surface area contributed by atoms with Gasteiger partial charge >= 0.3 is 0 Å². The molecule has 5 heteroatoms. The third-order valence-electron chi connectivity index (χ3n) is 2.54. The number of carbonyl (C=O) groups excluding carboxylic acids is 1. The lowest BCUT2D eigenvalue weighted by atomic mass is 10.2. The van der Waals surface area contributed by atoms with Crippen LogP contribution in [0.1, 0.15) is 15.2 Å². The van der Waals surface area contributed by atoms with E-state index in [0.29, 0.717) is 16.3 Å². The van der Waals surface area contributed by atoms with E-state index in [1.165, 1.54) is 11.3 Å². The van der Waals surface area contributed by atoms with Crippen molar-refractivity contribution in [3.63, 3.8) is 0 Å². The monoisotopic (exact) mass is 286 g/mol. The molecule has 0 aliphatic rings. The molecule has 0 radical (unpaired) electrons. The van der Waals surface area contributed by atoms with E-state index >= 15 is 0 Å². The Morgan fingerprint density at radius 3 is 2.95 bits per heavy atom. The number of benzene rings is 1. The molecule has 1 heterocycles. The number of carbonyl (C=O) groups is 1. The molecule has 20 heavy (non-hydrogen) atoms. The second-order valence-corrected chi connectivity index (χ2v) is 4.77. The summed E-state index contributed by atoms with van der Waals surface area (Å²) in [6, 6.07) is 9.06. The highest BCUT2D eigenvalue weighted by Crippen LogP contribution is 2.23. The predicted octanol–water partition coefficient (Wildman–Crippen LogP) is 2.32. The third kappa shape index (κ3) is 3.38. The molecular weight excluding hydrogens is 272 g/mol. The number of ether oxygens (including phenoxy) is 1. The van der Waals surface area contributed by atoms with E-state index in [1.54, 1.807) is 18.6 Å². The highest BCUT2D eigenvalue weighted by Gasteiger charge is 2.11. The Morgan fingerprint density at radius 2 is 2.25 bits per heavy atom. The standard InChI is InChI=1S/C15H14N2O2S/c1-19-12-9-14(20-10-12)15(18)17-13-7-3-2-5-11(13)6-4-8-16/h2-3,5,7,9-10H,8,16H2,1H3,(H,17,18). The van der Waals surface area contributed by atoms with Crippen LogP contribution in [0.2, 0.25) is 0 Å². The number of thiophene rings is 1. The van der Waals surface area contributed by atoms with Gasteiger partial charge in [0.15, 0.2) is 0 Å². The first-order chi connectivity index (χ1) is 9.74. The van der Waals surface area contributed by atoms with E-state index < -0.39 is 0 Å². The topological polar surface area (TPSA) is 64.3 Å². The molecule has 2 rings (SSSR count). The number of rotatable bonds is 3. The molecule has 0 unspecified atom stereocenters. The Kier molecular flexibility index (Phi) is 4.77. The molecule has 0 saturated carbocycles. The Morgan fingerprint density at radius 1 is 1.45 bits per heavy atom. The molecule has 0 fully saturated rings. The van der Waals surface area contributed by atoms with Crippen molar-refractivity contribution in [2.24, 2.45) is 5.73 Å². The Balaban J connectivity index is 2.19. The number of hydrogen-bond donors (Lipinski definition) is 2. The fraction of sp³-hybridized carbons (Fsp3) is 0.133. The van der Waals surface area contributed by atoms with Crippen LogP contribution in [0.25, 0.3) is 0 Å². The summed E-state index contributed by atoms with van der Waals surface area (Å²) in [7, 11) is 1.57. The summed E-state index contributed by atoms with van der Waals surface area (Å²) in [5.74, 6) is 6.21. The molecule has 0 aliphatic carbocycles. The number of amides is 1. The van der Waals surface area contributed by atoms with Crippen LogP contribution in [0, 0.1) is 11.8 Å². The number of hydrogen-bond acceptors (Lipinski definition) is 4. The summed E-state index contributed by atoms with van der Waals surface area (Å²) in [5, 5.41) is 4.63. The minimum Gasteiger partial charge on any atom is -0.496 e. The van der Waals surface area contributed by atoms with Crippen molar-refractivity contribution in [3.05, 3.63) is 46.2 Å². The molecule has 4 nitrogen and oxygen atoms in total. The van der Waals surface area contributed by atoms with Crippen LogP contribution in [0.4, 0.5) is 5.69 Å². The van der Waals surface area contributed by atoms with Gasteiger partial charge in [-0.2, -0.15) is 0 Å². The summed E-state index contributed by atoms with van der Waals surface area (Å²) in [6.45, 7) is 0.282. The first kappa shape index (κ1) is 14.1. The van der Waals surface area contributed by atoms with Crippen molar-refractivity contribution in [1.29, 1.82) is 0 Å². The second kappa shape index (κ2) is 6.75. The first-order valence-electron chi connectivity index (χ1n) is 5.96. The lowest BCUT2D eigenvalue weighted by Gasteiger charge is -2.05. The van der Waals surface area contributed by atoms with E-state index in [2.05, 4.69) is 17.2 Å². The molecule has 1 aromatic carbocycles. The van der Waals surface area contributed by atoms with Crippen LogP contribution >= 0.6 is 11.3 Å². The largest absolute Gasteiger partial charge is 0.496 e. The summed E-state index contributed by atoms with van der Waals surface area (Å²) in [6.07, 6.45) is 0. The van der Waals surface area contributed by atoms with Gasteiger partial charge in [0.25, 0.3) is 5.91 Å². The minimum absolute atomic E-state index is 0.180. The fourth-order valence-electron chi connectivity index (χ4n) is 1.58. The van der Waals surface area contributed by atoms with E-state index in [0.717, 1.165) is 5.56 Å². The van der Waals surface area contributed by atoms with Crippen molar-refractivity contribution in [1.82, 2.24) is 0 Å².